The van der Waals surface area contributed by atoms with E-state index in [1.54, 1.807) is 10.6 Å². The number of aryl methyl sites for hydroxylation is 1. The molecule has 0 fully saturated rings. The van der Waals surface area contributed by atoms with Crippen LogP contribution in [0.25, 0.3) is 11.0 Å². The van der Waals surface area contributed by atoms with E-state index in [-0.39, 0.29) is 16.5 Å². The summed E-state index contributed by atoms with van der Waals surface area (Å²) in [6.45, 7) is 6.16. The summed E-state index contributed by atoms with van der Waals surface area (Å²) < 4.78 is 1.76. The van der Waals surface area contributed by atoms with Crippen molar-refractivity contribution < 1.29 is 0 Å². The molecule has 0 atom stereocenters. The van der Waals surface area contributed by atoms with Gasteiger partial charge in [-0.15, -0.1) is 6.58 Å². The number of hydrogen-bond donors (Lipinski definition) is 2. The Hall–Kier alpha value is -2.37. The normalized spacial score (nSPS) is 10.8. The summed E-state index contributed by atoms with van der Waals surface area (Å²) >= 11 is 0. The molecule has 2 heterocycles. The Bertz CT molecular complexity index is 811. The number of fused-ring (bicyclic) bond motifs is 1. The molecule has 2 rings (SSSR count). The van der Waals surface area contributed by atoms with Crippen molar-refractivity contribution in [2.45, 2.75) is 32.7 Å². The van der Waals surface area contributed by atoms with Crippen molar-refractivity contribution in [3.63, 3.8) is 0 Å². The van der Waals surface area contributed by atoms with E-state index in [2.05, 4.69) is 23.5 Å². The largest absolute Gasteiger partial charge is 0.327 e. The number of aromatic amines is 2. The van der Waals surface area contributed by atoms with Crippen LogP contribution in [0.1, 0.15) is 25.5 Å². The quantitative estimate of drug-likeness (QED) is 0.795. The van der Waals surface area contributed by atoms with E-state index in [1.807, 2.05) is 0 Å². The number of aromatic nitrogens is 3. The van der Waals surface area contributed by atoms with Gasteiger partial charge in [0, 0.05) is 18.3 Å². The maximum atomic E-state index is 12.1. The minimum atomic E-state index is -0.659. The lowest BCUT2D eigenvalue weighted by molar-refractivity contribution is 0.703. The molecule has 0 aliphatic rings. The lowest BCUT2D eigenvalue weighted by Gasteiger charge is -2.14. The van der Waals surface area contributed by atoms with Crippen molar-refractivity contribution in [3.8, 4) is 0 Å². The number of nitrogens with zero attached hydrogens (tertiary/aromatic N) is 1. The SMILES string of the molecule is C=CCn1c(CCCC)cc(=O)c2c(=O)[nH]c(=O)[nH]c21. The van der Waals surface area contributed by atoms with Gasteiger partial charge in [0.1, 0.15) is 11.0 Å². The highest BCUT2D eigenvalue weighted by molar-refractivity contribution is 5.73. The van der Waals surface area contributed by atoms with Crippen LogP contribution in [0.3, 0.4) is 0 Å². The van der Waals surface area contributed by atoms with Crippen LogP contribution in [0.5, 0.6) is 0 Å². The van der Waals surface area contributed by atoms with Crippen molar-refractivity contribution in [2.75, 3.05) is 0 Å². The van der Waals surface area contributed by atoms with Crippen LogP contribution in [-0.2, 0) is 13.0 Å². The molecular formula is C14H17N3O3. The smallest absolute Gasteiger partial charge is 0.327 e. The molecule has 0 saturated carbocycles. The van der Waals surface area contributed by atoms with Gasteiger partial charge in [0.05, 0.1) is 0 Å². The average molecular weight is 275 g/mol. The molecule has 0 bridgehead atoms. The maximum Gasteiger partial charge on any atom is 0.327 e. The highest BCUT2D eigenvalue weighted by atomic mass is 16.2. The van der Waals surface area contributed by atoms with Gasteiger partial charge in [-0.05, 0) is 12.8 Å². The molecule has 2 aromatic heterocycles. The topological polar surface area (TPSA) is 87.7 Å². The van der Waals surface area contributed by atoms with Gasteiger partial charge >= 0.3 is 5.69 Å². The molecule has 0 spiro atoms. The summed E-state index contributed by atoms with van der Waals surface area (Å²) in [7, 11) is 0. The molecule has 0 aliphatic heterocycles. The molecule has 6 heteroatoms. The van der Waals surface area contributed by atoms with Crippen molar-refractivity contribution in [3.05, 3.63) is 55.5 Å². The third-order valence-corrected chi connectivity index (χ3v) is 3.18. The van der Waals surface area contributed by atoms with Gasteiger partial charge < -0.3 is 4.57 Å². The van der Waals surface area contributed by atoms with E-state index in [4.69, 9.17) is 0 Å². The summed E-state index contributed by atoms with van der Waals surface area (Å²) in [5.41, 5.74) is -0.590. The first-order valence-electron chi connectivity index (χ1n) is 6.58. The number of allylic oxidation sites excluding steroid dienone is 1. The van der Waals surface area contributed by atoms with Crippen molar-refractivity contribution in [1.29, 1.82) is 0 Å². The van der Waals surface area contributed by atoms with Crippen molar-refractivity contribution in [2.24, 2.45) is 0 Å². The number of nitrogens with one attached hydrogen (secondary N) is 2. The Morgan fingerprint density at radius 2 is 2.05 bits per heavy atom. The third-order valence-electron chi connectivity index (χ3n) is 3.18. The van der Waals surface area contributed by atoms with Crippen LogP contribution in [0.15, 0.2) is 33.1 Å². The number of unbranched alkanes of at least 4 members (excludes halogenated alkanes) is 1. The van der Waals surface area contributed by atoms with Crippen LogP contribution >= 0.6 is 0 Å². The monoisotopic (exact) mass is 275 g/mol. The van der Waals surface area contributed by atoms with Crippen LogP contribution in [0.2, 0.25) is 0 Å². The first-order valence-corrected chi connectivity index (χ1v) is 6.58. The van der Waals surface area contributed by atoms with E-state index in [9.17, 15) is 14.4 Å². The van der Waals surface area contributed by atoms with E-state index >= 15 is 0 Å². The van der Waals surface area contributed by atoms with Crippen LogP contribution in [0.4, 0.5) is 0 Å². The second-order valence-electron chi connectivity index (χ2n) is 4.63. The van der Waals surface area contributed by atoms with Gasteiger partial charge in [0.25, 0.3) is 5.56 Å². The second kappa shape index (κ2) is 5.73. The predicted octanol–water partition coefficient (Wildman–Crippen LogP) is 0.907. The zero-order chi connectivity index (χ0) is 14.7. The van der Waals surface area contributed by atoms with Gasteiger partial charge in [-0.2, -0.15) is 0 Å². The molecule has 2 aromatic rings. The fourth-order valence-corrected chi connectivity index (χ4v) is 2.25. The Kier molecular flexibility index (Phi) is 4.02. The predicted molar refractivity (Wildman–Crippen MR) is 78.3 cm³/mol. The molecule has 6 nitrogen and oxygen atoms in total. The van der Waals surface area contributed by atoms with Gasteiger partial charge in [0.2, 0.25) is 0 Å². The maximum absolute atomic E-state index is 12.1. The van der Waals surface area contributed by atoms with E-state index in [1.165, 1.54) is 6.07 Å². The Labute approximate surface area is 114 Å². The van der Waals surface area contributed by atoms with Gasteiger partial charge in [-0.1, -0.05) is 19.4 Å². The van der Waals surface area contributed by atoms with Gasteiger partial charge in [0.15, 0.2) is 5.43 Å². The minimum absolute atomic E-state index is 0.0216. The molecule has 0 radical (unpaired) electrons. The molecule has 0 aliphatic carbocycles. The number of hydrogen-bond acceptors (Lipinski definition) is 3. The summed E-state index contributed by atoms with van der Waals surface area (Å²) in [5.74, 6) is 0. The highest BCUT2D eigenvalue weighted by Gasteiger charge is 2.12. The minimum Gasteiger partial charge on any atom is -0.327 e. The molecular weight excluding hydrogens is 258 g/mol. The van der Waals surface area contributed by atoms with Crippen LogP contribution in [-0.4, -0.2) is 14.5 Å². The fourth-order valence-electron chi connectivity index (χ4n) is 2.25. The van der Waals surface area contributed by atoms with E-state index in [0.29, 0.717) is 13.0 Å². The molecule has 0 unspecified atom stereocenters. The zero-order valence-electron chi connectivity index (χ0n) is 11.4. The molecule has 0 amide bonds. The average Bonchev–Trinajstić information content (AvgIpc) is 2.39. The Balaban J connectivity index is 2.86. The number of H-pyrrole nitrogens is 2. The molecule has 2 N–H and O–H groups in total. The summed E-state index contributed by atoms with van der Waals surface area (Å²) in [6, 6.07) is 1.47. The first kappa shape index (κ1) is 14.0. The summed E-state index contributed by atoms with van der Waals surface area (Å²) in [4.78, 5) is 39.9. The lowest BCUT2D eigenvalue weighted by Crippen LogP contribution is -2.29. The first-order chi connectivity index (χ1) is 9.58. The van der Waals surface area contributed by atoms with E-state index in [0.717, 1.165) is 18.5 Å². The van der Waals surface area contributed by atoms with Gasteiger partial charge in [-0.25, -0.2) is 4.79 Å². The third kappa shape index (κ3) is 2.49. The van der Waals surface area contributed by atoms with Gasteiger partial charge in [-0.3, -0.25) is 19.6 Å². The Morgan fingerprint density at radius 3 is 2.70 bits per heavy atom. The molecule has 0 aromatic carbocycles. The molecule has 106 valence electrons. The fraction of sp³-hybridized carbons (Fsp3) is 0.357. The lowest BCUT2D eigenvalue weighted by atomic mass is 10.1. The van der Waals surface area contributed by atoms with Crippen molar-refractivity contribution >= 4 is 11.0 Å². The molecule has 0 saturated heterocycles. The summed E-state index contributed by atoms with van der Waals surface area (Å²) in [6.07, 6.45) is 4.30. The van der Waals surface area contributed by atoms with Crippen LogP contribution < -0.4 is 16.7 Å². The van der Waals surface area contributed by atoms with Crippen molar-refractivity contribution in [1.82, 2.24) is 14.5 Å². The number of pyridine rings is 1. The highest BCUT2D eigenvalue weighted by Crippen LogP contribution is 2.10. The standard InChI is InChI=1S/C14H17N3O3/c1-3-5-6-9-8-10(18)11-12(17(9)7-4-2)15-14(20)16-13(11)19/h4,8H,2-3,5-7H2,1H3,(H2,15,16,19,20). The van der Waals surface area contributed by atoms with Crippen LogP contribution in [0, 0.1) is 0 Å². The Morgan fingerprint density at radius 1 is 1.30 bits per heavy atom. The second-order valence-corrected chi connectivity index (χ2v) is 4.63. The zero-order valence-corrected chi connectivity index (χ0v) is 11.4. The molecule has 20 heavy (non-hydrogen) atoms. The van der Waals surface area contributed by atoms with E-state index < -0.39 is 11.2 Å². The summed E-state index contributed by atoms with van der Waals surface area (Å²) in [5, 5.41) is -0.0216. The number of rotatable bonds is 5.